The van der Waals surface area contributed by atoms with Gasteiger partial charge in [-0.25, -0.2) is 14.6 Å². The van der Waals surface area contributed by atoms with Crippen LogP contribution in [0.4, 0.5) is 5.82 Å². The van der Waals surface area contributed by atoms with Gasteiger partial charge in [-0.05, 0) is 55.2 Å². The number of nitrogens with zero attached hydrogens (tertiary/aromatic N) is 6. The largest absolute Gasteiger partial charge is 0.457 e. The Hall–Kier alpha value is -4.71. The topological polar surface area (TPSA) is 123 Å². The summed E-state index contributed by atoms with van der Waals surface area (Å²) in [5.41, 5.74) is 8.59. The van der Waals surface area contributed by atoms with Gasteiger partial charge in [-0.1, -0.05) is 38.1 Å². The molecule has 0 bridgehead atoms. The maximum absolute atomic E-state index is 13.2. The van der Waals surface area contributed by atoms with Gasteiger partial charge in [0, 0.05) is 12.1 Å². The van der Waals surface area contributed by atoms with Crippen LogP contribution < -0.4 is 10.5 Å². The van der Waals surface area contributed by atoms with Crippen LogP contribution in [0.15, 0.2) is 72.6 Å². The minimum Gasteiger partial charge on any atom is -0.457 e. The number of allylic oxidation sites excluding steroid dienone is 1. The van der Waals surface area contributed by atoms with Gasteiger partial charge in [-0.3, -0.25) is 4.79 Å². The first-order valence-corrected chi connectivity index (χ1v) is 12.7. The van der Waals surface area contributed by atoms with Crippen molar-refractivity contribution in [2.75, 3.05) is 12.3 Å². The highest BCUT2D eigenvalue weighted by Crippen LogP contribution is 2.33. The standard InChI is InChI=1S/C29H29N7O2/c1-19(2)15-21(16-30)29(37)35-14-6-7-22(35)17-36-28-25(27(31)32-18-33-28)26(34-36)20-10-12-24(13-11-20)38-23-8-4-3-5-9-23/h3-5,8-13,15,18-19,22H,6-7,14,17H2,1-2H3,(H2,31,32,33)/b21-15+/t22-/m0/s1. The zero-order valence-corrected chi connectivity index (χ0v) is 21.4. The number of ether oxygens (including phenoxy) is 1. The first-order chi connectivity index (χ1) is 18.4. The fourth-order valence-corrected chi connectivity index (χ4v) is 4.80. The molecule has 0 radical (unpaired) electrons. The first-order valence-electron chi connectivity index (χ1n) is 12.7. The Labute approximate surface area is 221 Å². The van der Waals surface area contributed by atoms with E-state index in [0.717, 1.165) is 24.2 Å². The minimum atomic E-state index is -0.233. The molecule has 9 nitrogen and oxygen atoms in total. The number of para-hydroxylation sites is 1. The van der Waals surface area contributed by atoms with Gasteiger partial charge in [0.2, 0.25) is 0 Å². The molecule has 192 valence electrons. The minimum absolute atomic E-state index is 0.108. The number of carbonyl (C=O) groups is 1. The summed E-state index contributed by atoms with van der Waals surface area (Å²) in [6.45, 7) is 4.95. The molecule has 1 aliphatic rings. The van der Waals surface area contributed by atoms with Crippen molar-refractivity contribution < 1.29 is 9.53 Å². The van der Waals surface area contributed by atoms with Gasteiger partial charge in [-0.2, -0.15) is 10.4 Å². The summed E-state index contributed by atoms with van der Waals surface area (Å²) in [5, 5.41) is 15.1. The molecular weight excluding hydrogens is 478 g/mol. The molecule has 1 saturated heterocycles. The third kappa shape index (κ3) is 5.06. The average Bonchev–Trinajstić information content (AvgIpc) is 3.54. The van der Waals surface area contributed by atoms with Crippen LogP contribution in [0.2, 0.25) is 0 Å². The summed E-state index contributed by atoms with van der Waals surface area (Å²) in [7, 11) is 0. The number of amides is 1. The van der Waals surface area contributed by atoms with E-state index >= 15 is 0 Å². The number of anilines is 1. The van der Waals surface area contributed by atoms with E-state index in [1.165, 1.54) is 6.33 Å². The van der Waals surface area contributed by atoms with E-state index in [0.29, 0.717) is 41.4 Å². The highest BCUT2D eigenvalue weighted by molar-refractivity contribution is 5.99. The highest BCUT2D eigenvalue weighted by atomic mass is 16.5. The zero-order valence-electron chi connectivity index (χ0n) is 21.4. The predicted octanol–water partition coefficient (Wildman–Crippen LogP) is 4.96. The van der Waals surface area contributed by atoms with E-state index in [2.05, 4.69) is 16.0 Å². The van der Waals surface area contributed by atoms with Crippen molar-refractivity contribution in [1.29, 1.82) is 5.26 Å². The van der Waals surface area contributed by atoms with Gasteiger partial charge in [0.25, 0.3) is 5.91 Å². The molecule has 0 spiro atoms. The van der Waals surface area contributed by atoms with Gasteiger partial charge in [0.15, 0.2) is 5.65 Å². The fraction of sp³-hybridized carbons (Fsp3) is 0.276. The molecule has 0 saturated carbocycles. The van der Waals surface area contributed by atoms with E-state index in [1.807, 2.05) is 68.4 Å². The number of carbonyl (C=O) groups excluding carboxylic acids is 1. The Morgan fingerprint density at radius 1 is 1.16 bits per heavy atom. The maximum Gasteiger partial charge on any atom is 0.264 e. The number of fused-ring (bicyclic) bond motifs is 1. The number of rotatable bonds is 7. The molecule has 1 aliphatic heterocycles. The summed E-state index contributed by atoms with van der Waals surface area (Å²) in [4.78, 5) is 23.6. The zero-order chi connectivity index (χ0) is 26.6. The molecule has 2 aromatic heterocycles. The third-order valence-electron chi connectivity index (χ3n) is 6.54. The van der Waals surface area contributed by atoms with E-state index in [9.17, 15) is 10.1 Å². The molecule has 0 aliphatic carbocycles. The summed E-state index contributed by atoms with van der Waals surface area (Å²) in [6, 6.07) is 19.2. The molecule has 5 rings (SSSR count). The second kappa shape index (κ2) is 10.7. The van der Waals surface area contributed by atoms with Crippen molar-refractivity contribution in [3.8, 4) is 28.8 Å². The molecule has 3 heterocycles. The van der Waals surface area contributed by atoms with Gasteiger partial charge < -0.3 is 15.4 Å². The van der Waals surface area contributed by atoms with Crippen molar-refractivity contribution in [2.45, 2.75) is 39.3 Å². The Morgan fingerprint density at radius 3 is 2.61 bits per heavy atom. The quantitative estimate of drug-likeness (QED) is 0.277. The predicted molar refractivity (Wildman–Crippen MR) is 145 cm³/mol. The summed E-state index contributed by atoms with van der Waals surface area (Å²) in [5.74, 6) is 1.67. The molecule has 9 heteroatoms. The van der Waals surface area contributed by atoms with E-state index in [4.69, 9.17) is 15.6 Å². The van der Waals surface area contributed by atoms with E-state index in [1.54, 1.807) is 15.7 Å². The van der Waals surface area contributed by atoms with Gasteiger partial charge >= 0.3 is 0 Å². The molecule has 0 unspecified atom stereocenters. The molecule has 2 N–H and O–H groups in total. The lowest BCUT2D eigenvalue weighted by Gasteiger charge is -2.24. The van der Waals surface area contributed by atoms with Gasteiger partial charge in [0.1, 0.15) is 41.0 Å². The number of aromatic nitrogens is 4. The van der Waals surface area contributed by atoms with Crippen LogP contribution in [0.1, 0.15) is 26.7 Å². The number of hydrogen-bond donors (Lipinski definition) is 1. The van der Waals surface area contributed by atoms with Crippen LogP contribution >= 0.6 is 0 Å². The second-order valence-corrected chi connectivity index (χ2v) is 9.66. The number of hydrogen-bond acceptors (Lipinski definition) is 7. The van der Waals surface area contributed by atoms with Crippen molar-refractivity contribution in [3.63, 3.8) is 0 Å². The van der Waals surface area contributed by atoms with E-state index in [-0.39, 0.29) is 23.4 Å². The number of nitrogens with two attached hydrogens (primary N) is 1. The number of nitriles is 1. The van der Waals surface area contributed by atoms with Gasteiger partial charge in [0.05, 0.1) is 18.0 Å². The Bertz CT molecular complexity index is 1520. The Kier molecular flexibility index (Phi) is 7.05. The smallest absolute Gasteiger partial charge is 0.264 e. The normalized spacial score (nSPS) is 15.7. The number of benzene rings is 2. The van der Waals surface area contributed by atoms with Crippen LogP contribution in [-0.4, -0.2) is 43.1 Å². The van der Waals surface area contributed by atoms with Crippen molar-refractivity contribution in [2.24, 2.45) is 5.92 Å². The molecule has 1 amide bonds. The number of nitrogen functional groups attached to an aromatic ring is 1. The average molecular weight is 508 g/mol. The maximum atomic E-state index is 13.2. The lowest BCUT2D eigenvalue weighted by molar-refractivity contribution is -0.127. The van der Waals surface area contributed by atoms with Crippen LogP contribution in [0.3, 0.4) is 0 Å². The molecule has 1 fully saturated rings. The van der Waals surface area contributed by atoms with Crippen molar-refractivity contribution in [3.05, 3.63) is 72.6 Å². The lowest BCUT2D eigenvalue weighted by atomic mass is 10.1. The highest BCUT2D eigenvalue weighted by Gasteiger charge is 2.32. The SMILES string of the molecule is CC(C)/C=C(\C#N)C(=O)N1CCC[C@H]1Cn1nc(-c2ccc(Oc3ccccc3)cc2)c2c(N)ncnc21. The lowest BCUT2D eigenvalue weighted by Crippen LogP contribution is -2.39. The molecular formula is C29H29N7O2. The first kappa shape index (κ1) is 25.0. The summed E-state index contributed by atoms with van der Waals surface area (Å²) >= 11 is 0. The van der Waals surface area contributed by atoms with E-state index < -0.39 is 0 Å². The third-order valence-corrected chi connectivity index (χ3v) is 6.54. The van der Waals surface area contributed by atoms with Crippen LogP contribution in [-0.2, 0) is 11.3 Å². The van der Waals surface area contributed by atoms with Crippen LogP contribution in [0.25, 0.3) is 22.3 Å². The fourth-order valence-electron chi connectivity index (χ4n) is 4.80. The van der Waals surface area contributed by atoms with Crippen molar-refractivity contribution in [1.82, 2.24) is 24.6 Å². The molecule has 38 heavy (non-hydrogen) atoms. The second-order valence-electron chi connectivity index (χ2n) is 9.66. The van der Waals surface area contributed by atoms with Crippen molar-refractivity contribution >= 4 is 22.8 Å². The Balaban J connectivity index is 1.44. The molecule has 1 atom stereocenters. The monoisotopic (exact) mass is 507 g/mol. The molecule has 2 aromatic carbocycles. The number of likely N-dealkylation sites (tertiary alicyclic amines) is 1. The Morgan fingerprint density at radius 2 is 1.89 bits per heavy atom. The van der Waals surface area contributed by atoms with Crippen LogP contribution in [0.5, 0.6) is 11.5 Å². The summed E-state index contributed by atoms with van der Waals surface area (Å²) in [6.07, 6.45) is 4.82. The van der Waals surface area contributed by atoms with Crippen LogP contribution in [0, 0.1) is 17.2 Å². The molecule has 4 aromatic rings. The summed E-state index contributed by atoms with van der Waals surface area (Å²) < 4.78 is 7.72. The van der Waals surface area contributed by atoms with Gasteiger partial charge in [-0.15, -0.1) is 0 Å².